The molecule has 236 valence electrons. The zero-order valence-electron chi connectivity index (χ0n) is 25.3. The van der Waals surface area contributed by atoms with Crippen LogP contribution in [0.3, 0.4) is 0 Å². The van der Waals surface area contributed by atoms with E-state index < -0.39 is 17.2 Å². The van der Waals surface area contributed by atoms with Crippen LogP contribution in [0.25, 0.3) is 27.4 Å². The van der Waals surface area contributed by atoms with Crippen molar-refractivity contribution in [2.75, 3.05) is 84.1 Å². The van der Waals surface area contributed by atoms with Crippen molar-refractivity contribution >= 4 is 33.3 Å². The molecular weight excluding hydrogens is 577 g/mol. The van der Waals surface area contributed by atoms with Gasteiger partial charge in [0.25, 0.3) is 5.91 Å². The van der Waals surface area contributed by atoms with Gasteiger partial charge in [-0.2, -0.15) is 0 Å². The minimum atomic E-state index is -0.597. The highest BCUT2D eigenvalue weighted by Gasteiger charge is 2.29. The number of benzene rings is 3. The van der Waals surface area contributed by atoms with E-state index in [-0.39, 0.29) is 22.4 Å². The number of hydrogen-bond acceptors (Lipinski definition) is 8. The highest BCUT2D eigenvalue weighted by Crippen LogP contribution is 2.46. The van der Waals surface area contributed by atoms with E-state index in [4.69, 9.17) is 14.2 Å². The van der Waals surface area contributed by atoms with Gasteiger partial charge >= 0.3 is 0 Å². The Morgan fingerprint density at radius 3 is 2.20 bits per heavy atom. The van der Waals surface area contributed by atoms with Crippen LogP contribution in [0, 0.1) is 5.82 Å². The minimum absolute atomic E-state index is 0.0357. The van der Waals surface area contributed by atoms with Crippen LogP contribution < -0.4 is 20.8 Å². The van der Waals surface area contributed by atoms with Gasteiger partial charge in [0.2, 0.25) is 5.43 Å². The van der Waals surface area contributed by atoms with Crippen molar-refractivity contribution in [2.45, 2.75) is 12.8 Å². The number of nitrogens with one attached hydrogen (secondary N) is 2. The summed E-state index contributed by atoms with van der Waals surface area (Å²) >= 11 is 0. The zero-order chi connectivity index (χ0) is 30.8. The largest absolute Gasteiger partial charge is 0.451 e. The van der Waals surface area contributed by atoms with E-state index in [0.29, 0.717) is 43.3 Å². The van der Waals surface area contributed by atoms with Gasteiger partial charge in [-0.25, -0.2) is 4.39 Å². The fourth-order valence-corrected chi connectivity index (χ4v) is 6.39. The fourth-order valence-electron chi connectivity index (χ4n) is 6.39. The number of amides is 1. The van der Waals surface area contributed by atoms with Crippen LogP contribution in [0.1, 0.15) is 23.2 Å². The maximum atomic E-state index is 15.8. The SMILES string of the molecule is O=C(NCCCN1CCOCC1)c1cn2c3c(c(NCCCN4CCOCC4)c(F)cc3c1=O)Oc1cc3ccccc3cc1-2. The molecule has 7 rings (SSSR count). The number of morpholine rings is 2. The number of ether oxygens (including phenoxy) is 3. The Morgan fingerprint density at radius 2 is 1.51 bits per heavy atom. The molecule has 0 atom stereocenters. The first kappa shape index (κ1) is 29.7. The lowest BCUT2D eigenvalue weighted by atomic mass is 10.0. The molecule has 2 saturated heterocycles. The Kier molecular flexibility index (Phi) is 8.66. The summed E-state index contributed by atoms with van der Waals surface area (Å²) in [5.74, 6) is -0.313. The van der Waals surface area contributed by atoms with Crippen molar-refractivity contribution in [3.8, 4) is 17.2 Å². The molecule has 0 bridgehead atoms. The topological polar surface area (TPSA) is 97.3 Å². The zero-order valence-corrected chi connectivity index (χ0v) is 25.3. The number of fused-ring (bicyclic) bond motifs is 3. The highest BCUT2D eigenvalue weighted by atomic mass is 19.1. The number of anilines is 1. The van der Waals surface area contributed by atoms with Crippen LogP contribution in [-0.4, -0.2) is 99.1 Å². The Balaban J connectivity index is 1.21. The van der Waals surface area contributed by atoms with Crippen LogP contribution in [0.4, 0.5) is 10.1 Å². The summed E-state index contributed by atoms with van der Waals surface area (Å²) < 4.78 is 34.9. The number of carbonyl (C=O) groups excluding carboxylic acids is 1. The Bertz CT molecular complexity index is 1780. The summed E-state index contributed by atoms with van der Waals surface area (Å²) in [7, 11) is 0. The molecule has 0 aliphatic carbocycles. The molecule has 4 heterocycles. The van der Waals surface area contributed by atoms with Crippen molar-refractivity contribution in [2.24, 2.45) is 0 Å². The molecule has 0 radical (unpaired) electrons. The van der Waals surface area contributed by atoms with E-state index in [1.54, 1.807) is 10.8 Å². The summed E-state index contributed by atoms with van der Waals surface area (Å²) in [5, 5.41) is 8.20. The Labute approximate surface area is 260 Å². The maximum absolute atomic E-state index is 15.8. The predicted molar refractivity (Wildman–Crippen MR) is 172 cm³/mol. The van der Waals surface area contributed by atoms with Crippen LogP contribution in [0.15, 0.2) is 53.5 Å². The molecular formula is C34H38FN5O5. The smallest absolute Gasteiger partial charge is 0.256 e. The molecule has 3 aliphatic heterocycles. The summed E-state index contributed by atoms with van der Waals surface area (Å²) in [6, 6.07) is 13.0. The molecule has 1 aromatic heterocycles. The average Bonchev–Trinajstić information content (AvgIpc) is 3.07. The molecule has 11 heteroatoms. The molecule has 1 amide bonds. The molecule has 3 aromatic carbocycles. The average molecular weight is 616 g/mol. The van der Waals surface area contributed by atoms with Gasteiger partial charge in [-0.1, -0.05) is 24.3 Å². The second-order valence-corrected chi connectivity index (χ2v) is 11.8. The second kappa shape index (κ2) is 13.1. The van der Waals surface area contributed by atoms with E-state index in [1.165, 1.54) is 6.07 Å². The lowest BCUT2D eigenvalue weighted by Crippen LogP contribution is -2.38. The normalized spacial score (nSPS) is 16.8. The number of aromatic nitrogens is 1. The van der Waals surface area contributed by atoms with Gasteiger partial charge in [0.1, 0.15) is 16.8 Å². The van der Waals surface area contributed by atoms with E-state index >= 15 is 4.39 Å². The van der Waals surface area contributed by atoms with Gasteiger partial charge in [0.15, 0.2) is 17.3 Å². The van der Waals surface area contributed by atoms with Crippen LogP contribution in [-0.2, 0) is 9.47 Å². The molecule has 45 heavy (non-hydrogen) atoms. The van der Waals surface area contributed by atoms with E-state index in [9.17, 15) is 9.59 Å². The molecule has 0 unspecified atom stereocenters. The highest BCUT2D eigenvalue weighted by molar-refractivity contribution is 6.02. The Hall–Kier alpha value is -4.03. The first-order valence-corrected chi connectivity index (χ1v) is 15.8. The summed E-state index contributed by atoms with van der Waals surface area (Å²) in [5.41, 5.74) is 0.753. The van der Waals surface area contributed by atoms with Gasteiger partial charge in [-0.3, -0.25) is 19.4 Å². The third-order valence-corrected chi connectivity index (χ3v) is 8.84. The molecule has 3 aliphatic rings. The number of halogens is 1. The standard InChI is InChI=1S/C34H38FN5O5/c35-27-21-25-31-33(30(27)36-7-3-9-38-11-15-43-16-12-38)45-29-20-24-6-2-1-5-23(24)19-28(29)40(31)22-26(32(25)41)34(42)37-8-4-10-39-13-17-44-18-14-39/h1-2,5-6,19-22,36H,3-4,7-18H2,(H,37,42). The first-order valence-electron chi connectivity index (χ1n) is 15.8. The number of carbonyl (C=O) groups is 1. The lowest BCUT2D eigenvalue weighted by molar-refractivity contribution is 0.0374. The van der Waals surface area contributed by atoms with Gasteiger partial charge in [-0.15, -0.1) is 0 Å². The lowest BCUT2D eigenvalue weighted by Gasteiger charge is -2.28. The van der Waals surface area contributed by atoms with Gasteiger partial charge in [-0.05, 0) is 54.9 Å². The molecule has 4 aromatic rings. The molecule has 0 spiro atoms. The molecule has 2 fully saturated rings. The summed E-state index contributed by atoms with van der Waals surface area (Å²) in [6.45, 7) is 9.05. The monoisotopic (exact) mass is 615 g/mol. The molecule has 0 saturated carbocycles. The van der Waals surface area contributed by atoms with Crippen molar-refractivity contribution in [1.29, 1.82) is 0 Å². The maximum Gasteiger partial charge on any atom is 0.256 e. The van der Waals surface area contributed by atoms with Crippen molar-refractivity contribution in [1.82, 2.24) is 19.7 Å². The van der Waals surface area contributed by atoms with E-state index in [1.807, 2.05) is 36.4 Å². The van der Waals surface area contributed by atoms with Crippen LogP contribution in [0.5, 0.6) is 11.5 Å². The number of nitrogens with zero attached hydrogens (tertiary/aromatic N) is 3. The third kappa shape index (κ3) is 6.13. The predicted octanol–water partition coefficient (Wildman–Crippen LogP) is 3.98. The Morgan fingerprint density at radius 1 is 0.867 bits per heavy atom. The van der Waals surface area contributed by atoms with Crippen molar-refractivity contribution < 1.29 is 23.4 Å². The molecule has 2 N–H and O–H groups in total. The van der Waals surface area contributed by atoms with Crippen molar-refractivity contribution in [3.05, 3.63) is 70.3 Å². The van der Waals surface area contributed by atoms with Crippen molar-refractivity contribution in [3.63, 3.8) is 0 Å². The second-order valence-electron chi connectivity index (χ2n) is 11.8. The number of rotatable bonds is 10. The van der Waals surface area contributed by atoms with Gasteiger partial charge in [0.05, 0.1) is 37.5 Å². The molecule has 10 nitrogen and oxygen atoms in total. The van der Waals surface area contributed by atoms with Crippen LogP contribution >= 0.6 is 0 Å². The summed E-state index contributed by atoms with van der Waals surface area (Å²) in [4.78, 5) is 31.8. The van der Waals surface area contributed by atoms with E-state index in [2.05, 4.69) is 20.4 Å². The first-order chi connectivity index (χ1) is 22.1. The quantitative estimate of drug-likeness (QED) is 0.228. The number of hydrogen-bond donors (Lipinski definition) is 2. The fraction of sp³-hybridized carbons (Fsp3) is 0.412. The summed E-state index contributed by atoms with van der Waals surface area (Å²) in [6.07, 6.45) is 3.12. The van der Waals surface area contributed by atoms with E-state index in [0.717, 1.165) is 76.1 Å². The minimum Gasteiger partial charge on any atom is -0.451 e. The number of pyridine rings is 1. The van der Waals surface area contributed by atoms with Gasteiger partial charge < -0.3 is 29.4 Å². The third-order valence-electron chi connectivity index (χ3n) is 8.84. The van der Waals surface area contributed by atoms with Crippen LogP contribution in [0.2, 0.25) is 0 Å². The van der Waals surface area contributed by atoms with Gasteiger partial charge in [0, 0.05) is 45.5 Å².